The maximum Gasteiger partial charge on any atom is 0.313 e. The zero-order valence-corrected chi connectivity index (χ0v) is 13.0. The standard InChI is InChI=1S/C14H17N3O3S/c1-14(2)6-9(14)17-12-8(4-5-10(16-12)20-3)15-13(17)21-7-11(18)19/h4-5,9H,6-7H2,1-3H3,(H,18,19). The molecule has 0 amide bonds. The minimum absolute atomic E-state index is 0.00634. The summed E-state index contributed by atoms with van der Waals surface area (Å²) in [6.07, 6.45) is 1.04. The Morgan fingerprint density at radius 3 is 2.81 bits per heavy atom. The highest BCUT2D eigenvalue weighted by molar-refractivity contribution is 7.99. The van der Waals surface area contributed by atoms with Crippen LogP contribution >= 0.6 is 11.8 Å². The third kappa shape index (κ3) is 2.57. The van der Waals surface area contributed by atoms with Gasteiger partial charge >= 0.3 is 5.97 Å². The van der Waals surface area contributed by atoms with Crippen molar-refractivity contribution in [3.63, 3.8) is 0 Å². The Bertz CT molecular complexity index is 711. The van der Waals surface area contributed by atoms with Crippen molar-refractivity contribution in [2.45, 2.75) is 31.5 Å². The monoisotopic (exact) mass is 307 g/mol. The van der Waals surface area contributed by atoms with Crippen molar-refractivity contribution >= 4 is 28.9 Å². The van der Waals surface area contributed by atoms with Gasteiger partial charge in [0.25, 0.3) is 0 Å². The first-order valence-electron chi connectivity index (χ1n) is 6.70. The number of thioether (sulfide) groups is 1. The molecule has 2 heterocycles. The van der Waals surface area contributed by atoms with E-state index < -0.39 is 5.97 Å². The largest absolute Gasteiger partial charge is 0.481 e. The van der Waals surface area contributed by atoms with Gasteiger partial charge in [0.05, 0.1) is 12.9 Å². The lowest BCUT2D eigenvalue weighted by atomic mass is 10.2. The van der Waals surface area contributed by atoms with Crippen molar-refractivity contribution in [1.29, 1.82) is 0 Å². The molecule has 1 aliphatic carbocycles. The SMILES string of the molecule is COc1ccc2nc(SCC(=O)O)n(C3CC3(C)C)c2n1. The molecule has 0 saturated heterocycles. The molecule has 0 aromatic carbocycles. The van der Waals surface area contributed by atoms with Gasteiger partial charge in [-0.05, 0) is 17.9 Å². The second kappa shape index (κ2) is 4.91. The van der Waals surface area contributed by atoms with E-state index in [4.69, 9.17) is 9.84 Å². The molecule has 1 N–H and O–H groups in total. The Balaban J connectivity index is 2.08. The third-order valence-electron chi connectivity index (χ3n) is 3.79. The number of rotatable bonds is 5. The number of carboxylic acid groups (broad SMARTS) is 1. The molecular weight excluding hydrogens is 290 g/mol. The number of methoxy groups -OCH3 is 1. The molecule has 6 nitrogen and oxygen atoms in total. The molecule has 112 valence electrons. The Morgan fingerprint density at radius 2 is 2.24 bits per heavy atom. The summed E-state index contributed by atoms with van der Waals surface area (Å²) in [4.78, 5) is 19.8. The van der Waals surface area contributed by atoms with Crippen LogP contribution in [0.4, 0.5) is 0 Å². The van der Waals surface area contributed by atoms with Crippen LogP contribution < -0.4 is 4.74 Å². The molecule has 0 spiro atoms. The molecule has 1 fully saturated rings. The van der Waals surface area contributed by atoms with E-state index in [2.05, 4.69) is 28.4 Å². The highest BCUT2D eigenvalue weighted by Crippen LogP contribution is 2.57. The van der Waals surface area contributed by atoms with Gasteiger partial charge in [0, 0.05) is 12.1 Å². The van der Waals surface area contributed by atoms with Gasteiger partial charge in [-0.2, -0.15) is 4.98 Å². The summed E-state index contributed by atoms with van der Waals surface area (Å²) in [5, 5.41) is 9.60. The summed E-state index contributed by atoms with van der Waals surface area (Å²) in [5.74, 6) is -0.316. The number of pyridine rings is 1. The van der Waals surface area contributed by atoms with Crippen LogP contribution in [0.5, 0.6) is 5.88 Å². The maximum absolute atomic E-state index is 10.8. The van der Waals surface area contributed by atoms with Gasteiger partial charge in [-0.3, -0.25) is 9.36 Å². The van der Waals surface area contributed by atoms with E-state index in [0.717, 1.165) is 17.6 Å². The fraction of sp³-hybridized carbons (Fsp3) is 0.500. The van der Waals surface area contributed by atoms with Crippen LogP contribution in [0.1, 0.15) is 26.3 Å². The van der Waals surface area contributed by atoms with Crippen molar-refractivity contribution in [1.82, 2.24) is 14.5 Å². The average Bonchev–Trinajstić information content (AvgIpc) is 2.92. The summed E-state index contributed by atoms with van der Waals surface area (Å²) in [7, 11) is 1.58. The summed E-state index contributed by atoms with van der Waals surface area (Å²) in [6, 6.07) is 3.93. The molecule has 0 radical (unpaired) electrons. The minimum atomic E-state index is -0.848. The maximum atomic E-state index is 10.8. The number of aliphatic carboxylic acids is 1. The molecule has 1 saturated carbocycles. The van der Waals surface area contributed by atoms with Gasteiger partial charge in [-0.1, -0.05) is 25.6 Å². The van der Waals surface area contributed by atoms with Crippen molar-refractivity contribution in [2.24, 2.45) is 5.41 Å². The molecule has 1 unspecified atom stereocenters. The fourth-order valence-electron chi connectivity index (χ4n) is 2.44. The van der Waals surface area contributed by atoms with E-state index in [-0.39, 0.29) is 11.2 Å². The molecule has 2 aromatic heterocycles. The van der Waals surface area contributed by atoms with Crippen molar-refractivity contribution in [3.05, 3.63) is 12.1 Å². The van der Waals surface area contributed by atoms with Crippen LogP contribution in [0.25, 0.3) is 11.2 Å². The molecule has 2 aromatic rings. The van der Waals surface area contributed by atoms with Gasteiger partial charge in [0.15, 0.2) is 10.8 Å². The van der Waals surface area contributed by atoms with Crippen LogP contribution in [-0.4, -0.2) is 38.5 Å². The lowest BCUT2D eigenvalue weighted by Crippen LogP contribution is -2.05. The molecule has 0 bridgehead atoms. The molecule has 1 aliphatic rings. The topological polar surface area (TPSA) is 77.2 Å². The molecule has 21 heavy (non-hydrogen) atoms. The second-order valence-corrected chi connectivity index (χ2v) is 6.79. The number of carboxylic acids is 1. The molecule has 7 heteroatoms. The normalized spacial score (nSPS) is 19.7. The Hall–Kier alpha value is -1.76. The first-order chi connectivity index (χ1) is 9.92. The van der Waals surface area contributed by atoms with E-state index in [0.29, 0.717) is 17.1 Å². The third-order valence-corrected chi connectivity index (χ3v) is 4.72. The molecule has 0 aliphatic heterocycles. The quantitative estimate of drug-likeness (QED) is 0.856. The van der Waals surface area contributed by atoms with Gasteiger partial charge in [0.1, 0.15) is 5.52 Å². The Morgan fingerprint density at radius 1 is 1.52 bits per heavy atom. The van der Waals surface area contributed by atoms with E-state index in [1.165, 1.54) is 11.8 Å². The number of hydrogen-bond acceptors (Lipinski definition) is 5. The number of nitrogens with zero attached hydrogens (tertiary/aromatic N) is 3. The lowest BCUT2D eigenvalue weighted by molar-refractivity contribution is -0.133. The number of carbonyl (C=O) groups is 1. The van der Waals surface area contributed by atoms with E-state index >= 15 is 0 Å². The van der Waals surface area contributed by atoms with Crippen molar-refractivity contribution < 1.29 is 14.6 Å². The first kappa shape index (κ1) is 14.2. The summed E-state index contributed by atoms with van der Waals surface area (Å²) in [5.41, 5.74) is 1.72. The highest BCUT2D eigenvalue weighted by Gasteiger charge is 2.49. The van der Waals surface area contributed by atoms with Crippen molar-refractivity contribution in [2.75, 3.05) is 12.9 Å². The predicted octanol–water partition coefficient (Wildman–Crippen LogP) is 2.59. The average molecular weight is 307 g/mol. The fourth-order valence-corrected chi connectivity index (χ4v) is 3.21. The van der Waals surface area contributed by atoms with E-state index in [1.807, 2.05) is 6.07 Å². The van der Waals surface area contributed by atoms with Crippen LogP contribution in [-0.2, 0) is 4.79 Å². The number of aromatic nitrogens is 3. The van der Waals surface area contributed by atoms with Crippen LogP contribution in [0.3, 0.4) is 0 Å². The summed E-state index contributed by atoms with van der Waals surface area (Å²) < 4.78 is 7.24. The molecule has 1 atom stereocenters. The summed E-state index contributed by atoms with van der Waals surface area (Å²) in [6.45, 7) is 4.38. The number of fused-ring (bicyclic) bond motifs is 1. The zero-order chi connectivity index (χ0) is 15.2. The molecular formula is C14H17N3O3S. The van der Waals surface area contributed by atoms with E-state index in [9.17, 15) is 4.79 Å². The number of ether oxygens (including phenoxy) is 1. The van der Waals surface area contributed by atoms with Gasteiger partial charge in [0.2, 0.25) is 5.88 Å². The highest BCUT2D eigenvalue weighted by atomic mass is 32.2. The minimum Gasteiger partial charge on any atom is -0.481 e. The van der Waals surface area contributed by atoms with Gasteiger partial charge in [-0.25, -0.2) is 4.98 Å². The Kier molecular flexibility index (Phi) is 3.32. The van der Waals surface area contributed by atoms with Gasteiger partial charge < -0.3 is 9.84 Å². The first-order valence-corrected chi connectivity index (χ1v) is 7.68. The zero-order valence-electron chi connectivity index (χ0n) is 12.2. The number of hydrogen-bond donors (Lipinski definition) is 1. The molecule has 3 rings (SSSR count). The van der Waals surface area contributed by atoms with Crippen LogP contribution in [0, 0.1) is 5.41 Å². The van der Waals surface area contributed by atoms with E-state index in [1.54, 1.807) is 13.2 Å². The lowest BCUT2D eigenvalue weighted by Gasteiger charge is -2.10. The van der Waals surface area contributed by atoms with Crippen LogP contribution in [0.2, 0.25) is 0 Å². The van der Waals surface area contributed by atoms with Gasteiger partial charge in [-0.15, -0.1) is 0 Å². The predicted molar refractivity (Wildman–Crippen MR) is 79.9 cm³/mol. The Labute approximate surface area is 126 Å². The number of imidazole rings is 1. The smallest absolute Gasteiger partial charge is 0.313 e. The summed E-state index contributed by atoms with van der Waals surface area (Å²) >= 11 is 1.23. The van der Waals surface area contributed by atoms with Crippen molar-refractivity contribution in [3.8, 4) is 5.88 Å². The second-order valence-electron chi connectivity index (χ2n) is 5.85. The van der Waals surface area contributed by atoms with Crippen LogP contribution in [0.15, 0.2) is 17.3 Å².